The molecule has 0 radical (unpaired) electrons. The number of halogens is 2. The predicted octanol–water partition coefficient (Wildman–Crippen LogP) is 4.41. The lowest BCUT2D eigenvalue weighted by atomic mass is 9.99. The van der Waals surface area contributed by atoms with Crippen LogP contribution in [0, 0.1) is 20.8 Å². The first-order valence-electron chi connectivity index (χ1n) is 9.59. The molecule has 1 atom stereocenters. The lowest BCUT2D eigenvalue weighted by Crippen LogP contribution is -2.33. The van der Waals surface area contributed by atoms with Crippen LogP contribution < -0.4 is 5.32 Å². The fourth-order valence-electron chi connectivity index (χ4n) is 3.59. The summed E-state index contributed by atoms with van der Waals surface area (Å²) in [6.07, 6.45) is -0.483. The Morgan fingerprint density at radius 3 is 2.60 bits per heavy atom. The maximum atomic E-state index is 16.5. The van der Waals surface area contributed by atoms with Gasteiger partial charge in [0.2, 0.25) is 5.91 Å². The van der Waals surface area contributed by atoms with Crippen molar-refractivity contribution in [2.24, 2.45) is 4.99 Å². The Morgan fingerprint density at radius 2 is 1.93 bits per heavy atom. The largest absolute Gasteiger partial charge is 0.356 e. The van der Waals surface area contributed by atoms with E-state index in [0.717, 1.165) is 26.6 Å². The molecule has 0 bridgehead atoms. The van der Waals surface area contributed by atoms with E-state index in [1.807, 2.05) is 26.0 Å². The van der Waals surface area contributed by atoms with E-state index < -0.39 is 18.1 Å². The molecule has 1 aliphatic rings. The molecule has 1 N–H and O–H groups in total. The SMILES string of the molecule is CCNC(=O)CC1(F)N=C(c2ccc(Cl)cc2)c2c(sc(C)c2C)-n2c(C)nnc21. The summed E-state index contributed by atoms with van der Waals surface area (Å²) < 4.78 is 18.2. The molecule has 1 aliphatic heterocycles. The highest BCUT2D eigenvalue weighted by atomic mass is 35.5. The number of aryl methyl sites for hydroxylation is 2. The Balaban J connectivity index is 2.03. The van der Waals surface area contributed by atoms with Crippen molar-refractivity contribution >= 4 is 34.6 Å². The zero-order valence-electron chi connectivity index (χ0n) is 17.1. The van der Waals surface area contributed by atoms with Crippen LogP contribution in [-0.2, 0) is 10.6 Å². The van der Waals surface area contributed by atoms with Crippen molar-refractivity contribution in [3.8, 4) is 5.00 Å². The Hall–Kier alpha value is -2.58. The Kier molecular flexibility index (Phi) is 5.23. The summed E-state index contributed by atoms with van der Waals surface area (Å²) in [6.45, 7) is 7.97. The van der Waals surface area contributed by atoms with Crippen molar-refractivity contribution in [1.29, 1.82) is 0 Å². The van der Waals surface area contributed by atoms with E-state index in [1.165, 1.54) is 11.3 Å². The molecule has 0 aliphatic carbocycles. The van der Waals surface area contributed by atoms with Gasteiger partial charge in [-0.05, 0) is 45.4 Å². The number of nitrogens with one attached hydrogen (secondary N) is 1. The standard InChI is InChI=1S/C21H21ClFN5OS/c1-5-24-16(29)10-21(23)20-27-26-13(4)28(20)19-17(11(2)12(3)30-19)18(25-21)14-6-8-15(22)9-7-14/h6-9H,5,10H2,1-4H3,(H,24,29). The Morgan fingerprint density at radius 1 is 1.23 bits per heavy atom. The number of hydrogen-bond acceptors (Lipinski definition) is 5. The normalized spacial score (nSPS) is 17.7. The van der Waals surface area contributed by atoms with Crippen LogP contribution >= 0.6 is 22.9 Å². The number of aromatic nitrogens is 3. The van der Waals surface area contributed by atoms with Crippen LogP contribution in [0.25, 0.3) is 5.00 Å². The minimum absolute atomic E-state index is 0.0118. The lowest BCUT2D eigenvalue weighted by Gasteiger charge is -2.20. The van der Waals surface area contributed by atoms with Gasteiger partial charge in [0.1, 0.15) is 10.8 Å². The van der Waals surface area contributed by atoms with Crippen molar-refractivity contribution < 1.29 is 9.18 Å². The minimum Gasteiger partial charge on any atom is -0.356 e. The molecule has 6 nitrogen and oxygen atoms in total. The van der Waals surface area contributed by atoms with Crippen LogP contribution in [0.4, 0.5) is 4.39 Å². The molecule has 2 aromatic heterocycles. The molecule has 0 saturated carbocycles. The van der Waals surface area contributed by atoms with Crippen LogP contribution in [-0.4, -0.2) is 32.9 Å². The van der Waals surface area contributed by atoms with E-state index in [9.17, 15) is 4.79 Å². The molecule has 0 fully saturated rings. The van der Waals surface area contributed by atoms with Gasteiger partial charge in [-0.1, -0.05) is 23.7 Å². The molecule has 1 aromatic carbocycles. The second-order valence-corrected chi connectivity index (χ2v) is 8.87. The fourth-order valence-corrected chi connectivity index (χ4v) is 4.92. The quantitative estimate of drug-likeness (QED) is 0.604. The van der Waals surface area contributed by atoms with Crippen LogP contribution in [0.3, 0.4) is 0 Å². The third kappa shape index (κ3) is 3.33. The zero-order valence-corrected chi connectivity index (χ0v) is 18.7. The van der Waals surface area contributed by atoms with Crippen LogP contribution in [0.2, 0.25) is 5.02 Å². The van der Waals surface area contributed by atoms with Crippen molar-refractivity contribution in [2.45, 2.75) is 39.9 Å². The highest BCUT2D eigenvalue weighted by Gasteiger charge is 2.44. The molecule has 9 heteroatoms. The molecule has 1 amide bonds. The molecule has 30 heavy (non-hydrogen) atoms. The van der Waals surface area contributed by atoms with E-state index in [0.29, 0.717) is 23.1 Å². The third-order valence-electron chi connectivity index (χ3n) is 5.15. The summed E-state index contributed by atoms with van der Waals surface area (Å²) >= 11 is 7.60. The van der Waals surface area contributed by atoms with Crippen molar-refractivity contribution in [3.05, 3.63) is 62.5 Å². The molecular weight excluding hydrogens is 425 g/mol. The van der Waals surface area contributed by atoms with Gasteiger partial charge in [0.15, 0.2) is 5.82 Å². The number of aliphatic imine (C=N–C) groups is 1. The molecule has 3 heterocycles. The van der Waals surface area contributed by atoms with Crippen molar-refractivity contribution in [3.63, 3.8) is 0 Å². The topological polar surface area (TPSA) is 72.2 Å². The van der Waals surface area contributed by atoms with Gasteiger partial charge in [-0.25, -0.2) is 9.38 Å². The van der Waals surface area contributed by atoms with Gasteiger partial charge in [-0.3, -0.25) is 9.36 Å². The second-order valence-electron chi connectivity index (χ2n) is 7.23. The number of alkyl halides is 1. The van der Waals surface area contributed by atoms with E-state index in [-0.39, 0.29) is 5.82 Å². The summed E-state index contributed by atoms with van der Waals surface area (Å²) in [4.78, 5) is 18.0. The van der Waals surface area contributed by atoms with Crippen LogP contribution in [0.15, 0.2) is 29.3 Å². The van der Waals surface area contributed by atoms with E-state index >= 15 is 4.39 Å². The van der Waals surface area contributed by atoms with Gasteiger partial charge in [-0.15, -0.1) is 21.5 Å². The molecular formula is C21H21ClFN5OS. The number of carbonyl (C=O) groups excluding carboxylic acids is 1. The number of thiophene rings is 1. The van der Waals surface area contributed by atoms with E-state index in [4.69, 9.17) is 11.6 Å². The third-order valence-corrected chi connectivity index (χ3v) is 6.59. The number of amides is 1. The van der Waals surface area contributed by atoms with Crippen LogP contribution in [0.5, 0.6) is 0 Å². The molecule has 3 aromatic rings. The van der Waals surface area contributed by atoms with E-state index in [1.54, 1.807) is 30.5 Å². The first-order chi connectivity index (χ1) is 14.2. The van der Waals surface area contributed by atoms with Crippen molar-refractivity contribution in [2.75, 3.05) is 6.54 Å². The van der Waals surface area contributed by atoms with Crippen LogP contribution in [0.1, 0.15) is 46.6 Å². The first kappa shape index (κ1) is 20.7. The lowest BCUT2D eigenvalue weighted by molar-refractivity contribution is -0.124. The number of fused-ring (bicyclic) bond motifs is 3. The summed E-state index contributed by atoms with van der Waals surface area (Å²) in [5.41, 5.74) is 3.01. The van der Waals surface area contributed by atoms with Gasteiger partial charge in [0.25, 0.3) is 5.79 Å². The fraction of sp³-hybridized carbons (Fsp3) is 0.333. The number of hydrogen-bond donors (Lipinski definition) is 1. The number of rotatable bonds is 4. The maximum Gasteiger partial charge on any atom is 0.269 e. The summed E-state index contributed by atoms with van der Waals surface area (Å²) in [7, 11) is 0. The highest BCUT2D eigenvalue weighted by molar-refractivity contribution is 7.15. The highest BCUT2D eigenvalue weighted by Crippen LogP contribution is 2.42. The van der Waals surface area contributed by atoms with Crippen molar-refractivity contribution in [1.82, 2.24) is 20.1 Å². The number of carbonyl (C=O) groups is 1. The molecule has 0 spiro atoms. The van der Waals surface area contributed by atoms with Gasteiger partial charge >= 0.3 is 0 Å². The Labute approximate surface area is 182 Å². The molecule has 4 rings (SSSR count). The minimum atomic E-state index is -2.37. The average molecular weight is 446 g/mol. The predicted molar refractivity (Wildman–Crippen MR) is 117 cm³/mol. The summed E-state index contributed by atoms with van der Waals surface area (Å²) in [5, 5.41) is 12.2. The molecule has 0 saturated heterocycles. The van der Waals surface area contributed by atoms with Gasteiger partial charge in [0, 0.05) is 27.6 Å². The number of benzene rings is 1. The monoisotopic (exact) mass is 445 g/mol. The first-order valence-corrected chi connectivity index (χ1v) is 10.8. The molecule has 1 unspecified atom stereocenters. The average Bonchev–Trinajstić information content (AvgIpc) is 3.18. The maximum absolute atomic E-state index is 16.5. The Bertz CT molecular complexity index is 1170. The summed E-state index contributed by atoms with van der Waals surface area (Å²) in [5.74, 6) is -2.26. The molecule has 156 valence electrons. The van der Waals surface area contributed by atoms with Gasteiger partial charge < -0.3 is 5.32 Å². The number of nitrogens with zero attached hydrogens (tertiary/aromatic N) is 4. The van der Waals surface area contributed by atoms with Gasteiger partial charge in [0.05, 0.1) is 12.1 Å². The van der Waals surface area contributed by atoms with Gasteiger partial charge in [-0.2, -0.15) is 0 Å². The second kappa shape index (κ2) is 7.59. The smallest absolute Gasteiger partial charge is 0.269 e. The summed E-state index contributed by atoms with van der Waals surface area (Å²) in [6, 6.07) is 7.10. The van der Waals surface area contributed by atoms with E-state index in [2.05, 4.69) is 20.5 Å². The zero-order chi connectivity index (χ0) is 21.6.